The van der Waals surface area contributed by atoms with Gasteiger partial charge < -0.3 is 28.6 Å². The summed E-state index contributed by atoms with van der Waals surface area (Å²) in [6.45, 7) is 0.336. The third-order valence-corrected chi connectivity index (χ3v) is 5.03. The Labute approximate surface area is 185 Å². The molecule has 2 aromatic rings. The molecule has 1 amide bonds. The fourth-order valence-electron chi connectivity index (χ4n) is 2.95. The number of rotatable bonds is 9. The lowest BCUT2D eigenvalue weighted by molar-refractivity contribution is -0.125. The smallest absolute Gasteiger partial charge is 0.246 e. The van der Waals surface area contributed by atoms with Gasteiger partial charge in [-0.1, -0.05) is 0 Å². The van der Waals surface area contributed by atoms with Gasteiger partial charge in [0.25, 0.3) is 0 Å². The summed E-state index contributed by atoms with van der Waals surface area (Å²) in [5, 5.41) is 0. The largest absolute Gasteiger partial charge is 0.493 e. The molecule has 0 radical (unpaired) electrons. The molecule has 0 atom stereocenters. The van der Waals surface area contributed by atoms with Crippen LogP contribution in [0.1, 0.15) is 11.1 Å². The Morgan fingerprint density at radius 1 is 0.900 bits per heavy atom. The van der Waals surface area contributed by atoms with Crippen LogP contribution < -0.4 is 23.7 Å². The molecule has 0 unspecified atom stereocenters. The summed E-state index contributed by atoms with van der Waals surface area (Å²) in [5.74, 6) is 2.58. The minimum atomic E-state index is -0.169. The lowest BCUT2D eigenvalue weighted by Crippen LogP contribution is -2.24. The average molecular weight is 480 g/mol. The van der Waals surface area contributed by atoms with Crippen molar-refractivity contribution < 1.29 is 28.5 Å². The van der Waals surface area contributed by atoms with Crippen molar-refractivity contribution >= 4 is 27.9 Å². The predicted molar refractivity (Wildman–Crippen MR) is 119 cm³/mol. The van der Waals surface area contributed by atoms with E-state index in [1.807, 2.05) is 12.1 Å². The van der Waals surface area contributed by atoms with Gasteiger partial charge in [-0.25, -0.2) is 0 Å². The van der Waals surface area contributed by atoms with E-state index in [4.69, 9.17) is 23.7 Å². The van der Waals surface area contributed by atoms with Gasteiger partial charge in [0.05, 0.1) is 40.0 Å². The number of nitrogens with zero attached hydrogens (tertiary/aromatic N) is 1. The summed E-state index contributed by atoms with van der Waals surface area (Å²) >= 11 is 3.45. The summed E-state index contributed by atoms with van der Waals surface area (Å²) < 4.78 is 27.6. The molecule has 2 aromatic carbocycles. The Morgan fingerprint density at radius 3 is 2.10 bits per heavy atom. The van der Waals surface area contributed by atoms with Crippen molar-refractivity contribution in [3.05, 3.63) is 45.9 Å². The van der Waals surface area contributed by atoms with Crippen LogP contribution in [0.4, 0.5) is 0 Å². The number of methoxy groups -OCH3 is 5. The standard InChI is InChI=1S/C22H26BrNO6/c1-24(13-15-8-9-17(26-2)22(30-6)20(15)28-4)19(25)10-7-14-11-16(23)21(29-5)18(12-14)27-3/h7-12H,13H2,1-6H3/b10-7+. The maximum absolute atomic E-state index is 12.6. The van der Waals surface area contributed by atoms with Crippen molar-refractivity contribution in [3.63, 3.8) is 0 Å². The van der Waals surface area contributed by atoms with E-state index in [9.17, 15) is 4.79 Å². The monoisotopic (exact) mass is 479 g/mol. The van der Waals surface area contributed by atoms with Gasteiger partial charge in [-0.05, 0) is 51.8 Å². The van der Waals surface area contributed by atoms with E-state index >= 15 is 0 Å². The van der Waals surface area contributed by atoms with Gasteiger partial charge in [-0.15, -0.1) is 0 Å². The van der Waals surface area contributed by atoms with Crippen LogP contribution in [0.15, 0.2) is 34.8 Å². The molecule has 8 heteroatoms. The molecule has 0 saturated heterocycles. The Balaban J connectivity index is 2.20. The summed E-state index contributed by atoms with van der Waals surface area (Å²) in [4.78, 5) is 14.2. The zero-order valence-corrected chi connectivity index (χ0v) is 19.5. The molecule has 0 aliphatic rings. The minimum absolute atomic E-state index is 0.169. The SMILES string of the molecule is COc1cc(/C=C/C(=O)N(C)Cc2ccc(OC)c(OC)c2OC)cc(Br)c1OC. The fraction of sp³-hybridized carbons (Fsp3) is 0.318. The van der Waals surface area contributed by atoms with Crippen molar-refractivity contribution in [2.45, 2.75) is 6.54 Å². The van der Waals surface area contributed by atoms with E-state index in [2.05, 4.69) is 15.9 Å². The van der Waals surface area contributed by atoms with Crippen molar-refractivity contribution in [1.82, 2.24) is 4.90 Å². The zero-order chi connectivity index (χ0) is 22.3. The topological polar surface area (TPSA) is 66.5 Å². The highest BCUT2D eigenvalue weighted by Crippen LogP contribution is 2.40. The number of carbonyl (C=O) groups excluding carboxylic acids is 1. The number of halogens is 1. The highest BCUT2D eigenvalue weighted by atomic mass is 79.9. The molecule has 30 heavy (non-hydrogen) atoms. The molecule has 0 fully saturated rings. The molecule has 0 heterocycles. The van der Waals surface area contributed by atoms with Crippen LogP contribution in [-0.2, 0) is 11.3 Å². The number of likely N-dealkylation sites (N-methyl/N-ethyl adjacent to an activating group) is 1. The number of hydrogen-bond acceptors (Lipinski definition) is 6. The van der Waals surface area contributed by atoms with Gasteiger partial charge in [-0.2, -0.15) is 0 Å². The molecule has 0 bridgehead atoms. The van der Waals surface area contributed by atoms with Gasteiger partial charge >= 0.3 is 0 Å². The van der Waals surface area contributed by atoms with Crippen molar-refractivity contribution in [2.75, 3.05) is 42.6 Å². The first-order chi connectivity index (χ1) is 14.4. The minimum Gasteiger partial charge on any atom is -0.493 e. The highest BCUT2D eigenvalue weighted by Gasteiger charge is 2.18. The number of benzene rings is 2. The van der Waals surface area contributed by atoms with Crippen LogP contribution in [0.3, 0.4) is 0 Å². The average Bonchev–Trinajstić information content (AvgIpc) is 2.76. The van der Waals surface area contributed by atoms with E-state index in [0.717, 1.165) is 15.6 Å². The molecule has 0 saturated carbocycles. The van der Waals surface area contributed by atoms with E-state index < -0.39 is 0 Å². The Kier molecular flexibility index (Phi) is 8.41. The van der Waals surface area contributed by atoms with Crippen molar-refractivity contribution in [3.8, 4) is 28.7 Å². The molecule has 0 aliphatic carbocycles. The summed E-state index contributed by atoms with van der Waals surface area (Å²) in [6.07, 6.45) is 3.22. The first-order valence-electron chi connectivity index (χ1n) is 9.02. The van der Waals surface area contributed by atoms with Gasteiger partial charge in [-0.3, -0.25) is 4.79 Å². The Morgan fingerprint density at radius 2 is 1.53 bits per heavy atom. The van der Waals surface area contributed by atoms with Gasteiger partial charge in [0, 0.05) is 25.2 Å². The molecular weight excluding hydrogens is 454 g/mol. The molecule has 2 rings (SSSR count). The summed E-state index contributed by atoms with van der Waals surface area (Å²) in [5.41, 5.74) is 1.60. The number of amides is 1. The van der Waals surface area contributed by atoms with E-state index in [1.165, 1.54) is 6.08 Å². The Hall–Kier alpha value is -2.87. The van der Waals surface area contributed by atoms with Gasteiger partial charge in [0.1, 0.15) is 0 Å². The molecule has 7 nitrogen and oxygen atoms in total. The summed E-state index contributed by atoms with van der Waals surface area (Å²) in [6, 6.07) is 7.28. The van der Waals surface area contributed by atoms with Crippen LogP contribution in [0.2, 0.25) is 0 Å². The molecule has 162 valence electrons. The summed E-state index contributed by atoms with van der Waals surface area (Å²) in [7, 11) is 9.50. The highest BCUT2D eigenvalue weighted by molar-refractivity contribution is 9.10. The first-order valence-corrected chi connectivity index (χ1v) is 9.81. The molecule has 0 spiro atoms. The third-order valence-electron chi connectivity index (χ3n) is 4.44. The number of hydrogen-bond donors (Lipinski definition) is 0. The van der Waals surface area contributed by atoms with Crippen LogP contribution in [0, 0.1) is 0 Å². The van der Waals surface area contributed by atoms with Crippen LogP contribution >= 0.6 is 15.9 Å². The van der Waals surface area contributed by atoms with Crippen LogP contribution in [0.5, 0.6) is 28.7 Å². The zero-order valence-electron chi connectivity index (χ0n) is 17.9. The molecule has 0 aliphatic heterocycles. The fourth-order valence-corrected chi connectivity index (χ4v) is 3.57. The maximum atomic E-state index is 12.6. The maximum Gasteiger partial charge on any atom is 0.246 e. The molecular formula is C22H26BrNO6. The number of ether oxygens (including phenoxy) is 5. The van der Waals surface area contributed by atoms with Crippen molar-refractivity contribution in [2.24, 2.45) is 0 Å². The first kappa shape index (κ1) is 23.4. The van der Waals surface area contributed by atoms with Crippen LogP contribution in [-0.4, -0.2) is 53.4 Å². The second-order valence-corrected chi connectivity index (χ2v) is 7.11. The molecule has 0 N–H and O–H groups in total. The second kappa shape index (κ2) is 10.8. The lowest BCUT2D eigenvalue weighted by Gasteiger charge is -2.20. The third kappa shape index (κ3) is 5.18. The lowest BCUT2D eigenvalue weighted by atomic mass is 10.1. The second-order valence-electron chi connectivity index (χ2n) is 6.26. The van der Waals surface area contributed by atoms with E-state index in [1.54, 1.807) is 65.7 Å². The van der Waals surface area contributed by atoms with Gasteiger partial charge in [0.2, 0.25) is 11.7 Å². The van der Waals surface area contributed by atoms with E-state index in [0.29, 0.717) is 35.3 Å². The Bertz CT molecular complexity index is 928. The normalized spacial score (nSPS) is 10.6. The van der Waals surface area contributed by atoms with Crippen LogP contribution in [0.25, 0.3) is 6.08 Å². The van der Waals surface area contributed by atoms with Crippen molar-refractivity contribution in [1.29, 1.82) is 0 Å². The van der Waals surface area contributed by atoms with E-state index in [-0.39, 0.29) is 5.91 Å². The van der Waals surface area contributed by atoms with Gasteiger partial charge in [0.15, 0.2) is 23.0 Å². The number of carbonyl (C=O) groups is 1. The predicted octanol–water partition coefficient (Wildman–Crippen LogP) is 4.16. The quantitative estimate of drug-likeness (QED) is 0.503. The molecule has 0 aromatic heterocycles.